The summed E-state index contributed by atoms with van der Waals surface area (Å²) in [6.07, 6.45) is 3.16. The van der Waals surface area contributed by atoms with Crippen LogP contribution in [0.1, 0.15) is 46.4 Å². The van der Waals surface area contributed by atoms with Gasteiger partial charge in [-0.1, -0.05) is 12.8 Å². The van der Waals surface area contributed by atoms with Gasteiger partial charge in [0.1, 0.15) is 0 Å². The van der Waals surface area contributed by atoms with E-state index < -0.39 is 9.85 Å². The van der Waals surface area contributed by atoms with E-state index in [1.807, 2.05) is 0 Å². The fourth-order valence-electron chi connectivity index (χ4n) is 3.45. The summed E-state index contributed by atoms with van der Waals surface area (Å²) < 4.78 is 0. The predicted octanol–water partition coefficient (Wildman–Crippen LogP) is 2.97. The number of non-ortho nitro benzene ring substituents is 2. The number of carbonyl (C=O) groups is 2. The number of nitrogens with zero attached hydrogens (tertiary/aromatic N) is 2. The van der Waals surface area contributed by atoms with Gasteiger partial charge in [0.2, 0.25) is 0 Å². The fraction of sp³-hybridized carbons (Fsp3) is 0.300. The maximum Gasteiger partial charge on any atom is 0.269 e. The van der Waals surface area contributed by atoms with Crippen LogP contribution in [0.15, 0.2) is 48.5 Å². The fourth-order valence-corrected chi connectivity index (χ4v) is 3.45. The quantitative estimate of drug-likeness (QED) is 0.551. The van der Waals surface area contributed by atoms with E-state index in [4.69, 9.17) is 0 Å². The van der Waals surface area contributed by atoms with Crippen LogP contribution in [0.2, 0.25) is 0 Å². The van der Waals surface area contributed by atoms with Gasteiger partial charge in [-0.3, -0.25) is 29.8 Å². The Morgan fingerprint density at radius 3 is 1.33 bits per heavy atom. The highest BCUT2D eigenvalue weighted by Gasteiger charge is 2.28. The van der Waals surface area contributed by atoms with Gasteiger partial charge in [-0.25, -0.2) is 0 Å². The van der Waals surface area contributed by atoms with Crippen LogP contribution in [0.3, 0.4) is 0 Å². The summed E-state index contributed by atoms with van der Waals surface area (Å²) in [6.45, 7) is 0. The van der Waals surface area contributed by atoms with Gasteiger partial charge in [-0.2, -0.15) is 0 Å². The first kappa shape index (κ1) is 20.9. The Morgan fingerprint density at radius 2 is 1.03 bits per heavy atom. The molecule has 1 saturated carbocycles. The first-order valence-electron chi connectivity index (χ1n) is 9.46. The van der Waals surface area contributed by atoms with Crippen LogP contribution in [0.4, 0.5) is 11.4 Å². The summed E-state index contributed by atoms with van der Waals surface area (Å²) in [6, 6.07) is 10.1. The third-order valence-electron chi connectivity index (χ3n) is 5.08. The van der Waals surface area contributed by atoms with Gasteiger partial charge in [0.15, 0.2) is 0 Å². The van der Waals surface area contributed by atoms with E-state index in [9.17, 15) is 29.8 Å². The Morgan fingerprint density at radius 1 is 0.700 bits per heavy atom. The molecule has 30 heavy (non-hydrogen) atoms. The smallest absolute Gasteiger partial charge is 0.269 e. The molecule has 0 radical (unpaired) electrons. The second kappa shape index (κ2) is 9.12. The first-order chi connectivity index (χ1) is 14.3. The topological polar surface area (TPSA) is 144 Å². The second-order valence-electron chi connectivity index (χ2n) is 7.05. The molecule has 2 aromatic carbocycles. The zero-order valence-electron chi connectivity index (χ0n) is 15.9. The van der Waals surface area contributed by atoms with Gasteiger partial charge in [0.25, 0.3) is 23.2 Å². The van der Waals surface area contributed by atoms with Crippen molar-refractivity contribution in [2.24, 2.45) is 0 Å². The number of amides is 2. The molecule has 3 rings (SSSR count). The number of nitro groups is 2. The Hall–Kier alpha value is -3.82. The van der Waals surface area contributed by atoms with Crippen molar-refractivity contribution in [2.45, 2.75) is 37.8 Å². The number of hydrogen-bond donors (Lipinski definition) is 2. The SMILES string of the molecule is O=C(N[C@@H]1CCCC[C@H]1NC(=O)c1ccc([N+](=O)[O-])cc1)c1ccc([N+](=O)[O-])cc1. The van der Waals surface area contributed by atoms with Gasteiger partial charge < -0.3 is 10.6 Å². The lowest BCUT2D eigenvalue weighted by atomic mass is 9.89. The molecule has 2 amide bonds. The molecule has 0 aliphatic heterocycles. The number of nitrogens with one attached hydrogen (secondary N) is 2. The number of carbonyl (C=O) groups excluding carboxylic acids is 2. The zero-order chi connectivity index (χ0) is 21.7. The van der Waals surface area contributed by atoms with E-state index >= 15 is 0 Å². The minimum atomic E-state index is -0.535. The van der Waals surface area contributed by atoms with Crippen LogP contribution in [0.25, 0.3) is 0 Å². The average Bonchev–Trinajstić information content (AvgIpc) is 2.75. The van der Waals surface area contributed by atoms with E-state index in [1.165, 1.54) is 48.5 Å². The van der Waals surface area contributed by atoms with Gasteiger partial charge in [0.05, 0.1) is 9.85 Å². The molecule has 0 bridgehead atoms. The van der Waals surface area contributed by atoms with Crippen molar-refractivity contribution < 1.29 is 19.4 Å². The Kier molecular flexibility index (Phi) is 6.35. The van der Waals surface area contributed by atoms with Crippen molar-refractivity contribution in [3.05, 3.63) is 79.9 Å². The van der Waals surface area contributed by atoms with Gasteiger partial charge in [-0.05, 0) is 37.1 Å². The van der Waals surface area contributed by atoms with Crippen LogP contribution in [-0.4, -0.2) is 33.7 Å². The summed E-state index contributed by atoms with van der Waals surface area (Å²) >= 11 is 0. The van der Waals surface area contributed by atoms with Crippen LogP contribution < -0.4 is 10.6 Å². The van der Waals surface area contributed by atoms with Gasteiger partial charge >= 0.3 is 0 Å². The van der Waals surface area contributed by atoms with Crippen molar-refractivity contribution >= 4 is 23.2 Å². The van der Waals surface area contributed by atoms with Crippen LogP contribution in [-0.2, 0) is 0 Å². The molecule has 156 valence electrons. The maximum atomic E-state index is 12.5. The molecule has 10 heteroatoms. The molecule has 0 aromatic heterocycles. The molecule has 10 nitrogen and oxygen atoms in total. The molecule has 1 aliphatic rings. The summed E-state index contributed by atoms with van der Waals surface area (Å²) in [5.74, 6) is -0.738. The Balaban J connectivity index is 1.65. The highest BCUT2D eigenvalue weighted by molar-refractivity contribution is 5.95. The summed E-state index contributed by atoms with van der Waals surface area (Å²) in [5.41, 5.74) is 0.396. The molecule has 0 saturated heterocycles. The van der Waals surface area contributed by atoms with Crippen molar-refractivity contribution in [1.82, 2.24) is 10.6 Å². The van der Waals surface area contributed by atoms with Gasteiger partial charge in [-0.15, -0.1) is 0 Å². The summed E-state index contributed by atoms with van der Waals surface area (Å²) in [7, 11) is 0. The predicted molar refractivity (Wildman–Crippen MR) is 107 cm³/mol. The number of benzene rings is 2. The molecular weight excluding hydrogens is 392 g/mol. The number of rotatable bonds is 6. The molecule has 2 N–H and O–H groups in total. The van der Waals surface area contributed by atoms with Crippen molar-refractivity contribution in [3.8, 4) is 0 Å². The minimum absolute atomic E-state index is 0.0996. The standard InChI is InChI=1S/C20H20N4O6/c25-19(13-5-9-15(10-6-13)23(27)28)21-17-3-1-2-4-18(17)22-20(26)14-7-11-16(12-8-14)24(29)30/h5-12,17-18H,1-4H2,(H,21,25)(H,22,26)/t17-,18-/m1/s1. The highest BCUT2D eigenvalue weighted by Crippen LogP contribution is 2.21. The van der Waals surface area contributed by atoms with Crippen molar-refractivity contribution in [1.29, 1.82) is 0 Å². The molecule has 0 unspecified atom stereocenters. The van der Waals surface area contributed by atoms with Crippen LogP contribution in [0, 0.1) is 20.2 Å². The maximum absolute atomic E-state index is 12.5. The molecule has 1 aliphatic carbocycles. The zero-order valence-corrected chi connectivity index (χ0v) is 15.9. The van der Waals surface area contributed by atoms with E-state index in [0.717, 1.165) is 12.8 Å². The third kappa shape index (κ3) is 4.96. The van der Waals surface area contributed by atoms with Crippen molar-refractivity contribution in [3.63, 3.8) is 0 Å². The summed E-state index contributed by atoms with van der Waals surface area (Å²) in [4.78, 5) is 45.5. The van der Waals surface area contributed by atoms with E-state index in [1.54, 1.807) is 0 Å². The van der Waals surface area contributed by atoms with E-state index in [0.29, 0.717) is 24.0 Å². The molecule has 0 heterocycles. The molecule has 2 atom stereocenters. The van der Waals surface area contributed by atoms with Gasteiger partial charge in [0, 0.05) is 47.5 Å². The highest BCUT2D eigenvalue weighted by atomic mass is 16.6. The average molecular weight is 412 g/mol. The second-order valence-corrected chi connectivity index (χ2v) is 7.05. The van der Waals surface area contributed by atoms with E-state index in [2.05, 4.69) is 10.6 Å². The van der Waals surface area contributed by atoms with Crippen LogP contribution in [0.5, 0.6) is 0 Å². The molecular formula is C20H20N4O6. The Bertz CT molecular complexity index is 879. The first-order valence-corrected chi connectivity index (χ1v) is 9.46. The van der Waals surface area contributed by atoms with Crippen LogP contribution >= 0.6 is 0 Å². The normalized spacial score (nSPS) is 18.3. The Labute approximate surface area is 171 Å². The molecule has 1 fully saturated rings. The molecule has 0 spiro atoms. The lowest BCUT2D eigenvalue weighted by molar-refractivity contribution is -0.385. The molecule has 2 aromatic rings. The lowest BCUT2D eigenvalue weighted by Gasteiger charge is -2.32. The van der Waals surface area contributed by atoms with E-state index in [-0.39, 0.29) is 35.3 Å². The number of nitro benzene ring substituents is 2. The minimum Gasteiger partial charge on any atom is -0.347 e. The largest absolute Gasteiger partial charge is 0.347 e. The van der Waals surface area contributed by atoms with Crippen molar-refractivity contribution in [2.75, 3.05) is 0 Å². The lowest BCUT2D eigenvalue weighted by Crippen LogP contribution is -2.53. The number of hydrogen-bond acceptors (Lipinski definition) is 6. The third-order valence-corrected chi connectivity index (χ3v) is 5.08. The monoisotopic (exact) mass is 412 g/mol. The summed E-state index contributed by atoms with van der Waals surface area (Å²) in [5, 5.41) is 27.3.